The van der Waals surface area contributed by atoms with E-state index in [1.165, 1.54) is 0 Å². The summed E-state index contributed by atoms with van der Waals surface area (Å²) in [5.74, 6) is 0. The summed E-state index contributed by atoms with van der Waals surface area (Å²) in [5.41, 5.74) is 29.8. The highest BCUT2D eigenvalue weighted by Gasteiger charge is 2.27. The Labute approximate surface area is 734 Å². The first-order valence-electron chi connectivity index (χ1n) is 41.3. The zero-order valence-electron chi connectivity index (χ0n) is 68.1. The molecule has 16 aromatic carbocycles. The van der Waals surface area contributed by atoms with Crippen molar-refractivity contribution in [1.29, 1.82) is 36.8 Å². The lowest BCUT2D eigenvalue weighted by molar-refractivity contribution is 1.13. The Hall–Kier alpha value is -19.1. The molecule has 0 aliphatic carbocycles. The van der Waals surface area contributed by atoms with E-state index in [1.54, 1.807) is 49.1 Å². The molecule has 0 spiro atoms. The molecule has 0 saturated carbocycles. The molecule has 6 aromatic heterocycles. The minimum absolute atomic E-state index is 0.418. The highest BCUT2D eigenvalue weighted by molar-refractivity contribution is 6.16. The highest BCUT2D eigenvalue weighted by Crippen LogP contribution is 2.47. The number of pyridine rings is 2. The first kappa shape index (κ1) is 76.3. The van der Waals surface area contributed by atoms with E-state index in [9.17, 15) is 36.8 Å². The van der Waals surface area contributed by atoms with Crippen LogP contribution in [0.25, 0.3) is 204 Å². The van der Waals surface area contributed by atoms with E-state index < -0.39 is 0 Å². The van der Waals surface area contributed by atoms with Crippen LogP contribution in [0.4, 0.5) is 5.69 Å². The van der Waals surface area contributed by atoms with Gasteiger partial charge in [-0.05, 0) is 254 Å². The van der Waals surface area contributed by atoms with E-state index in [-0.39, 0.29) is 0 Å². The highest BCUT2D eigenvalue weighted by atomic mass is 15.0. The van der Waals surface area contributed by atoms with Crippen LogP contribution >= 0.6 is 0 Å². The molecule has 0 bridgehead atoms. The second kappa shape index (κ2) is 31.8. The van der Waals surface area contributed by atoms with Gasteiger partial charge in [-0.15, -0.1) is 0 Å². The van der Waals surface area contributed by atoms with Crippen molar-refractivity contribution in [2.24, 2.45) is 0 Å². The molecule has 128 heavy (non-hydrogen) atoms. The SMILES string of the molecule is N#Cc1cccc(-c2ccc3c4ccc(-c5cccc(C#N)c5)cc4n(-c4cc(-c5ccncc5)c(-n5c6cc(-c7cccc(C#N)c7)ccc6c6ccc(-c7cccc(C#N)c7)cc65)cc4C#N)c3c2)c1.[C-]#[N+]c1cccc(-c2ccc3c(c2)c2ccccc2n3-c2cc(-c3ccncc3)c(-n3c4ccccc4c4cc(-c5cccc(C#N)c5)ccc43)cc2C#N)c1. The minimum Gasteiger partial charge on any atom is -0.309 e. The molecule has 0 amide bonds. The zero-order chi connectivity index (χ0) is 86.6. The lowest BCUT2D eigenvalue weighted by atomic mass is 9.99. The predicted molar refractivity (Wildman–Crippen MR) is 509 cm³/mol. The average Bonchev–Trinajstić information content (AvgIpc) is 1.57. The Morgan fingerprint density at radius 3 is 0.812 bits per heavy atom. The van der Waals surface area contributed by atoms with Gasteiger partial charge in [0.2, 0.25) is 0 Å². The zero-order valence-corrected chi connectivity index (χ0v) is 68.1. The monoisotopic (exact) mass is 1630 g/mol. The molecular weight excluding hydrogens is 1570 g/mol. The van der Waals surface area contributed by atoms with Crippen LogP contribution < -0.4 is 0 Å². The molecule has 588 valence electrons. The van der Waals surface area contributed by atoms with Gasteiger partial charge in [-0.25, -0.2) is 4.85 Å². The van der Waals surface area contributed by atoms with Crippen LogP contribution in [0.1, 0.15) is 38.9 Å². The molecule has 22 rings (SSSR count). The molecule has 0 unspecified atom stereocenters. The first-order valence-corrected chi connectivity index (χ1v) is 41.3. The van der Waals surface area contributed by atoms with Gasteiger partial charge in [0, 0.05) is 79.0 Å². The van der Waals surface area contributed by atoms with Crippen LogP contribution in [0.3, 0.4) is 0 Å². The Bertz CT molecular complexity index is 8600. The van der Waals surface area contributed by atoms with Crippen LogP contribution in [0, 0.1) is 85.9 Å². The average molecular weight is 1630 g/mol. The Kier molecular flexibility index (Phi) is 19.0. The lowest BCUT2D eigenvalue weighted by Gasteiger charge is -2.19. The van der Waals surface area contributed by atoms with E-state index in [0.717, 1.165) is 193 Å². The second-order valence-electron chi connectivity index (χ2n) is 31.4. The maximum atomic E-state index is 11.5. The maximum Gasteiger partial charge on any atom is 0.187 e. The quantitative estimate of drug-likeness (QED) is 0.106. The number of benzene rings is 16. The van der Waals surface area contributed by atoms with Gasteiger partial charge >= 0.3 is 0 Å². The van der Waals surface area contributed by atoms with E-state index in [1.807, 2.05) is 176 Å². The van der Waals surface area contributed by atoms with Crippen LogP contribution in [0.2, 0.25) is 0 Å². The van der Waals surface area contributed by atoms with E-state index >= 15 is 0 Å². The van der Waals surface area contributed by atoms with Gasteiger partial charge in [0.15, 0.2) is 5.69 Å². The fourth-order valence-electron chi connectivity index (χ4n) is 18.3. The summed E-state index contributed by atoms with van der Waals surface area (Å²) in [6.07, 6.45) is 7.14. The maximum absolute atomic E-state index is 11.5. The molecule has 14 heteroatoms. The molecule has 22 aromatic rings. The summed E-state index contributed by atoms with van der Waals surface area (Å²) in [4.78, 5) is 12.4. The van der Waals surface area contributed by atoms with Gasteiger partial charge in [0.25, 0.3) is 0 Å². The molecule has 14 nitrogen and oxygen atoms in total. The third-order valence-corrected chi connectivity index (χ3v) is 24.2. The van der Waals surface area contributed by atoms with Gasteiger partial charge in [-0.3, -0.25) is 9.97 Å². The fraction of sp³-hybridized carbons (Fsp3) is 0. The number of nitriles is 7. The van der Waals surface area contributed by atoms with Gasteiger partial charge in [0.05, 0.1) is 143 Å². The number of fused-ring (bicyclic) bond motifs is 12. The number of aromatic nitrogens is 6. The van der Waals surface area contributed by atoms with Crippen LogP contribution in [0.5, 0.6) is 0 Å². The van der Waals surface area contributed by atoms with Gasteiger partial charge < -0.3 is 18.3 Å². The summed E-state index contributed by atoms with van der Waals surface area (Å²) < 4.78 is 8.85. The van der Waals surface area contributed by atoms with Crippen molar-refractivity contribution in [1.82, 2.24) is 28.2 Å². The minimum atomic E-state index is 0.418. The van der Waals surface area contributed by atoms with E-state index in [0.29, 0.717) is 50.3 Å². The van der Waals surface area contributed by atoms with Crippen molar-refractivity contribution < 1.29 is 0 Å². The topological polar surface area (TPSA) is 216 Å². The smallest absolute Gasteiger partial charge is 0.187 e. The Morgan fingerprint density at radius 2 is 0.477 bits per heavy atom. The Morgan fingerprint density at radius 1 is 0.203 bits per heavy atom. The van der Waals surface area contributed by atoms with Gasteiger partial charge in [-0.1, -0.05) is 176 Å². The molecule has 0 aliphatic rings. The number of hydrogen-bond acceptors (Lipinski definition) is 9. The van der Waals surface area contributed by atoms with Crippen molar-refractivity contribution in [2.75, 3.05) is 0 Å². The van der Waals surface area contributed by atoms with Crippen molar-refractivity contribution in [3.8, 4) is 154 Å². The largest absolute Gasteiger partial charge is 0.309 e. The second-order valence-corrected chi connectivity index (χ2v) is 31.4. The molecule has 0 aliphatic heterocycles. The van der Waals surface area contributed by atoms with Gasteiger partial charge in [0.1, 0.15) is 12.1 Å². The number of para-hydroxylation sites is 2. The lowest BCUT2D eigenvalue weighted by Crippen LogP contribution is -2.04. The number of rotatable bonds is 12. The summed E-state index contributed by atoms with van der Waals surface area (Å²) in [7, 11) is 0. The molecule has 0 atom stereocenters. The van der Waals surface area contributed by atoms with E-state index in [4.69, 9.17) is 6.57 Å². The molecular formula is C114H62N14. The normalized spacial score (nSPS) is 11.1. The molecule has 6 heterocycles. The molecule has 0 fully saturated rings. The van der Waals surface area contributed by atoms with Crippen molar-refractivity contribution in [3.63, 3.8) is 0 Å². The van der Waals surface area contributed by atoms with Crippen molar-refractivity contribution in [2.45, 2.75) is 0 Å². The summed E-state index contributed by atoms with van der Waals surface area (Å²) in [6.45, 7) is 7.53. The van der Waals surface area contributed by atoms with Crippen molar-refractivity contribution >= 4 is 92.9 Å². The van der Waals surface area contributed by atoms with Gasteiger partial charge in [-0.2, -0.15) is 36.8 Å². The number of nitrogens with zero attached hydrogens (tertiary/aromatic N) is 14. The molecule has 0 saturated heterocycles. The fourth-order valence-corrected chi connectivity index (χ4v) is 18.3. The standard InChI is InChI=1S/C64H34N8.C50H28N6/c65-35-40-5-1-9-45(25-40)49-13-17-54-55-18-14-50(46-10-2-6-41(26-46)36-66)30-61(55)71(60(54)29-49)59-34-58(44-21-23-70-24-22-44)64(33-53(59)39-69)72-62-31-51(47-11-3-7-42(27-47)37-67)15-19-56(62)57-20-16-52(32-63(57)72)48-12-4-8-43(28-48)38-68;1-53-39-11-7-10-35(25-39)37-17-18-47-43(27-37)40-12-2-4-14-45(40)55(47)49-29-42(33-20-22-54-23-21-33)50(28-38(49)31-52)56-46-15-5-3-13-41(46)44-26-36(16-19-48(44)56)34-9-6-8-32(24-34)30-51/h1-34H;2-29H. The summed E-state index contributed by atoms with van der Waals surface area (Å²) in [6, 6.07) is 133. The molecule has 0 radical (unpaired) electrons. The summed E-state index contributed by atoms with van der Waals surface area (Å²) in [5, 5.41) is 79.8. The van der Waals surface area contributed by atoms with Crippen LogP contribution in [-0.2, 0) is 0 Å². The Balaban J connectivity index is 0.000000160. The third-order valence-electron chi connectivity index (χ3n) is 24.2. The number of hydrogen-bond donors (Lipinski definition) is 0. The van der Waals surface area contributed by atoms with E-state index in [2.05, 4.69) is 227 Å². The first-order chi connectivity index (χ1) is 63.1. The third kappa shape index (κ3) is 13.3. The van der Waals surface area contributed by atoms with Crippen molar-refractivity contribution in [3.05, 3.63) is 427 Å². The summed E-state index contributed by atoms with van der Waals surface area (Å²) >= 11 is 0. The van der Waals surface area contributed by atoms with Crippen LogP contribution in [0.15, 0.2) is 377 Å². The molecule has 0 N–H and O–H groups in total. The van der Waals surface area contributed by atoms with Crippen LogP contribution in [-0.4, -0.2) is 28.2 Å². The predicted octanol–water partition coefficient (Wildman–Crippen LogP) is 27.5.